The number of ether oxygens (including phenoxy) is 3. The quantitative estimate of drug-likeness (QED) is 0.502. The van der Waals surface area contributed by atoms with E-state index in [-0.39, 0.29) is 29.4 Å². The molecule has 1 aliphatic heterocycles. The largest absolute Gasteiger partial charge is 0.373 e. The van der Waals surface area contributed by atoms with Gasteiger partial charge in [-0.15, -0.1) is 11.3 Å². The van der Waals surface area contributed by atoms with E-state index in [0.717, 1.165) is 5.01 Å². The third-order valence-electron chi connectivity index (χ3n) is 5.81. The Bertz CT molecular complexity index is 1140. The lowest BCUT2D eigenvalue weighted by Crippen LogP contribution is -2.45. The summed E-state index contributed by atoms with van der Waals surface area (Å²) in [6.07, 6.45) is 3.90. The van der Waals surface area contributed by atoms with Gasteiger partial charge in [0.15, 0.2) is 5.65 Å². The lowest BCUT2D eigenvalue weighted by atomic mass is 10.1. The number of nitrogens with two attached hydrogens (primary N) is 1. The second-order valence-electron chi connectivity index (χ2n) is 11.1. The summed E-state index contributed by atoms with van der Waals surface area (Å²) in [6, 6.07) is 0. The monoisotopic (exact) mass is 504 g/mol. The van der Waals surface area contributed by atoms with Crippen molar-refractivity contribution >= 4 is 37.2 Å². The second-order valence-corrected chi connectivity index (χ2v) is 15.2. The predicted octanol–water partition coefficient (Wildman–Crippen LogP) is 4.00. The lowest BCUT2D eigenvalue weighted by molar-refractivity contribution is -0.139. The number of hydrogen-bond donors (Lipinski definition) is 1. The topological polar surface area (TPSA) is 110 Å². The number of fused-ring (bicyclic) bond motifs is 1. The number of nitrogen functional groups attached to an aromatic ring is 1. The van der Waals surface area contributed by atoms with Crippen molar-refractivity contribution in [2.75, 3.05) is 12.3 Å². The fourth-order valence-electron chi connectivity index (χ4n) is 4.34. The summed E-state index contributed by atoms with van der Waals surface area (Å²) >= 11 is 1.50. The highest BCUT2D eigenvalue weighted by Crippen LogP contribution is 2.43. The van der Waals surface area contributed by atoms with Gasteiger partial charge in [0.1, 0.15) is 27.7 Å². The van der Waals surface area contributed by atoms with E-state index < -0.39 is 14.1 Å². The highest BCUT2D eigenvalue weighted by atomic mass is 32.1. The van der Waals surface area contributed by atoms with E-state index in [1.807, 2.05) is 11.7 Å². The van der Waals surface area contributed by atoms with Crippen LogP contribution in [0.4, 0.5) is 5.95 Å². The zero-order valence-electron chi connectivity index (χ0n) is 21.3. The van der Waals surface area contributed by atoms with Crippen molar-refractivity contribution < 1.29 is 14.2 Å². The Labute approximate surface area is 206 Å². The maximum absolute atomic E-state index is 6.91. The summed E-state index contributed by atoms with van der Waals surface area (Å²) in [5.41, 5.74) is 7.53. The smallest absolute Gasteiger partial charge is 0.222 e. The summed E-state index contributed by atoms with van der Waals surface area (Å²) in [5.74, 6) is 0.188. The molecule has 0 amide bonds. The van der Waals surface area contributed by atoms with E-state index in [9.17, 15) is 0 Å². The van der Waals surface area contributed by atoms with Crippen molar-refractivity contribution in [1.29, 1.82) is 0 Å². The molecule has 4 heterocycles. The van der Waals surface area contributed by atoms with Gasteiger partial charge in [-0.3, -0.25) is 4.57 Å². The van der Waals surface area contributed by atoms with Crippen LogP contribution in [0.3, 0.4) is 0 Å². The van der Waals surface area contributed by atoms with Gasteiger partial charge in [0, 0.05) is 18.0 Å². The Kier molecular flexibility index (Phi) is 6.62. The Morgan fingerprint density at radius 1 is 1.18 bits per heavy atom. The number of nitrogens with zero attached hydrogens (tertiary/aromatic N) is 5. The molecule has 1 fully saturated rings. The molecule has 1 saturated heterocycles. The second kappa shape index (κ2) is 8.94. The van der Waals surface area contributed by atoms with Gasteiger partial charge in [-0.25, -0.2) is 15.0 Å². The predicted molar refractivity (Wildman–Crippen MR) is 138 cm³/mol. The van der Waals surface area contributed by atoms with Crippen LogP contribution in [-0.4, -0.2) is 63.3 Å². The molecule has 0 saturated carbocycles. The van der Waals surface area contributed by atoms with Gasteiger partial charge in [0.2, 0.25) is 5.95 Å². The third-order valence-corrected chi connectivity index (χ3v) is 9.04. The molecule has 9 nitrogen and oxygen atoms in total. The number of imidazole rings is 1. The first kappa shape index (κ1) is 25.2. The Hall–Kier alpha value is -1.92. The summed E-state index contributed by atoms with van der Waals surface area (Å²) < 4.78 is 21.6. The SMILES string of the molecule is C[SiH](C)[C@@]1(n2cnc3c(-c4nccs4)nc(N)nc32)C[C@H](OC(C)(C)C)[C@@H](COC(C)(C)C)O1. The average molecular weight is 505 g/mol. The van der Waals surface area contributed by atoms with E-state index in [4.69, 9.17) is 24.9 Å². The fourth-order valence-corrected chi connectivity index (χ4v) is 6.86. The Morgan fingerprint density at radius 3 is 2.50 bits per heavy atom. The number of hydrogen-bond acceptors (Lipinski definition) is 9. The normalized spacial score (nSPS) is 23.9. The van der Waals surface area contributed by atoms with Crippen LogP contribution in [0.25, 0.3) is 21.9 Å². The number of rotatable bonds is 6. The lowest BCUT2D eigenvalue weighted by Gasteiger charge is -2.34. The molecule has 0 spiro atoms. The van der Waals surface area contributed by atoms with Crippen LogP contribution < -0.4 is 5.73 Å². The minimum absolute atomic E-state index is 0.132. The molecular weight excluding hydrogens is 468 g/mol. The minimum atomic E-state index is -1.51. The Morgan fingerprint density at radius 2 is 1.91 bits per heavy atom. The van der Waals surface area contributed by atoms with Crippen LogP contribution in [0.2, 0.25) is 13.1 Å². The molecule has 0 radical (unpaired) electrons. The fraction of sp³-hybridized carbons (Fsp3) is 0.652. The summed E-state index contributed by atoms with van der Waals surface area (Å²) in [6.45, 7) is 17.4. The van der Waals surface area contributed by atoms with E-state index in [1.165, 1.54) is 11.3 Å². The van der Waals surface area contributed by atoms with Gasteiger partial charge in [-0.2, -0.15) is 4.98 Å². The van der Waals surface area contributed by atoms with Crippen molar-refractivity contribution in [3.8, 4) is 10.7 Å². The maximum Gasteiger partial charge on any atom is 0.222 e. The molecule has 34 heavy (non-hydrogen) atoms. The zero-order valence-corrected chi connectivity index (χ0v) is 23.3. The maximum atomic E-state index is 6.91. The third kappa shape index (κ3) is 5.03. The summed E-state index contributed by atoms with van der Waals surface area (Å²) in [7, 11) is -1.51. The molecule has 1 aliphatic rings. The van der Waals surface area contributed by atoms with Crippen LogP contribution in [0.1, 0.15) is 48.0 Å². The molecular formula is C23H36N6O3SSi. The number of aromatic nitrogens is 5. The molecule has 0 aromatic carbocycles. The highest BCUT2D eigenvalue weighted by Gasteiger charge is 2.52. The van der Waals surface area contributed by atoms with E-state index >= 15 is 0 Å². The van der Waals surface area contributed by atoms with Gasteiger partial charge in [-0.05, 0) is 41.5 Å². The van der Waals surface area contributed by atoms with Gasteiger partial charge < -0.3 is 19.9 Å². The van der Waals surface area contributed by atoms with Crippen LogP contribution in [0.5, 0.6) is 0 Å². The van der Waals surface area contributed by atoms with Gasteiger partial charge in [-0.1, -0.05) is 13.1 Å². The molecule has 3 atom stereocenters. The first-order valence-electron chi connectivity index (χ1n) is 11.7. The molecule has 2 N–H and O–H groups in total. The molecule has 0 unspecified atom stereocenters. The molecule has 3 aromatic rings. The first-order valence-corrected chi connectivity index (χ1v) is 15.5. The van der Waals surface area contributed by atoms with Gasteiger partial charge in [0.25, 0.3) is 0 Å². The molecule has 4 rings (SSSR count). The molecule has 3 aromatic heterocycles. The van der Waals surface area contributed by atoms with Crippen molar-refractivity contribution in [2.45, 2.75) is 89.8 Å². The van der Waals surface area contributed by atoms with E-state index in [2.05, 4.69) is 74.2 Å². The van der Waals surface area contributed by atoms with Crippen molar-refractivity contribution in [1.82, 2.24) is 24.5 Å². The number of thiazole rings is 1. The molecule has 0 bridgehead atoms. The van der Waals surface area contributed by atoms with Crippen molar-refractivity contribution in [3.05, 3.63) is 17.9 Å². The van der Waals surface area contributed by atoms with Crippen LogP contribution >= 0.6 is 11.3 Å². The summed E-state index contributed by atoms with van der Waals surface area (Å²) in [5, 5.41) is 2.07. The van der Waals surface area contributed by atoms with Gasteiger partial charge in [0.05, 0.1) is 39.0 Å². The minimum Gasteiger partial charge on any atom is -0.373 e. The van der Waals surface area contributed by atoms with E-state index in [1.54, 1.807) is 6.20 Å². The van der Waals surface area contributed by atoms with Crippen LogP contribution in [0.15, 0.2) is 17.9 Å². The molecule has 11 heteroatoms. The standard InChI is InChI=1S/C23H36N6O3SSi/c1-21(2,3)30-12-15-14(31-22(4,5)6)11-23(32-15,34(7)8)29-13-26-16-17(19-25-9-10-33-19)27-20(24)28-18(16)29/h9-10,13-15,34H,11-12H2,1-8H3,(H2,24,27,28)/t14-,15+,23+/m0/s1. The Balaban J connectivity index is 1.80. The number of anilines is 1. The van der Waals surface area contributed by atoms with Crippen molar-refractivity contribution in [3.63, 3.8) is 0 Å². The first-order chi connectivity index (χ1) is 15.8. The zero-order chi connectivity index (χ0) is 24.9. The van der Waals surface area contributed by atoms with Crippen LogP contribution in [0, 0.1) is 0 Å². The van der Waals surface area contributed by atoms with E-state index in [0.29, 0.717) is 29.9 Å². The summed E-state index contributed by atoms with van der Waals surface area (Å²) in [4.78, 5) is 18.2. The molecule has 0 aliphatic carbocycles. The highest BCUT2D eigenvalue weighted by molar-refractivity contribution is 7.13. The average Bonchev–Trinajstić information content (AvgIpc) is 3.43. The van der Waals surface area contributed by atoms with Crippen LogP contribution in [-0.2, 0) is 19.6 Å². The van der Waals surface area contributed by atoms with Crippen molar-refractivity contribution in [2.24, 2.45) is 0 Å². The van der Waals surface area contributed by atoms with Gasteiger partial charge >= 0.3 is 0 Å². The molecule has 186 valence electrons.